The van der Waals surface area contributed by atoms with Gasteiger partial charge in [-0.15, -0.1) is 0 Å². The smallest absolute Gasteiger partial charge is 0.305 e. The van der Waals surface area contributed by atoms with Crippen molar-refractivity contribution in [2.45, 2.75) is 129 Å². The van der Waals surface area contributed by atoms with Crippen LogP contribution in [0.25, 0.3) is 0 Å². The molecule has 3 nitrogen and oxygen atoms in total. The number of hydrogen-bond donors (Lipinski definition) is 0. The Kier molecular flexibility index (Phi) is 7.28. The quantitative estimate of drug-likeness (QED) is 0.214. The number of carbonyl (C=O) groups is 1. The lowest BCUT2D eigenvalue weighted by atomic mass is 9.47. The van der Waals surface area contributed by atoms with E-state index in [2.05, 4.69) is 53.8 Å². The van der Waals surface area contributed by atoms with Gasteiger partial charge in [0.15, 0.2) is 8.32 Å². The molecule has 0 amide bonds. The molecule has 0 radical (unpaired) electrons. The van der Waals surface area contributed by atoms with Crippen LogP contribution in [-0.4, -0.2) is 27.5 Å². The maximum absolute atomic E-state index is 11.6. The highest BCUT2D eigenvalue weighted by Crippen LogP contribution is 2.67. The molecule has 0 aromatic heterocycles. The zero-order valence-corrected chi connectivity index (χ0v) is 24.5. The molecule has 0 bridgehead atoms. The fourth-order valence-electron chi connectivity index (χ4n) is 8.50. The predicted octanol–water partition coefficient (Wildman–Crippen LogP) is 8.30. The lowest BCUT2D eigenvalue weighted by Gasteiger charge is -2.58. The van der Waals surface area contributed by atoms with Crippen molar-refractivity contribution in [1.29, 1.82) is 0 Å². The summed E-state index contributed by atoms with van der Waals surface area (Å²) in [7, 11) is -0.211. The van der Waals surface area contributed by atoms with Crippen molar-refractivity contribution in [3.63, 3.8) is 0 Å². The van der Waals surface area contributed by atoms with Crippen LogP contribution in [0.5, 0.6) is 0 Å². The van der Waals surface area contributed by atoms with Gasteiger partial charge in [0.05, 0.1) is 7.11 Å². The zero-order chi connectivity index (χ0) is 24.9. The lowest BCUT2D eigenvalue weighted by Crippen LogP contribution is -2.51. The summed E-state index contributed by atoms with van der Waals surface area (Å²) in [6, 6.07) is 0. The molecular formula is C30H52O3Si. The molecule has 0 heterocycles. The minimum absolute atomic E-state index is 0.0468. The van der Waals surface area contributed by atoms with E-state index in [1.54, 1.807) is 5.57 Å². The molecule has 3 fully saturated rings. The molecule has 4 aliphatic rings. The van der Waals surface area contributed by atoms with Crippen LogP contribution in [0.2, 0.25) is 18.1 Å². The van der Waals surface area contributed by atoms with Gasteiger partial charge in [-0.3, -0.25) is 4.79 Å². The third-order valence-corrected chi connectivity index (χ3v) is 16.2. The molecule has 0 spiro atoms. The van der Waals surface area contributed by atoms with E-state index in [1.807, 2.05) is 0 Å². The summed E-state index contributed by atoms with van der Waals surface area (Å²) in [5.41, 5.74) is 2.60. The van der Waals surface area contributed by atoms with E-state index in [4.69, 9.17) is 9.16 Å². The number of fused-ring (bicyclic) bond motifs is 5. The summed E-state index contributed by atoms with van der Waals surface area (Å²) in [5.74, 6) is 3.32. The minimum Gasteiger partial charge on any atom is -0.469 e. The van der Waals surface area contributed by atoms with Gasteiger partial charge < -0.3 is 9.16 Å². The van der Waals surface area contributed by atoms with Crippen molar-refractivity contribution < 1.29 is 14.0 Å². The first-order chi connectivity index (χ1) is 15.8. The summed E-state index contributed by atoms with van der Waals surface area (Å²) in [5, 5.41) is 0.281. The van der Waals surface area contributed by atoms with Crippen molar-refractivity contribution in [2.24, 2.45) is 34.5 Å². The Bertz CT molecular complexity index is 795. The van der Waals surface area contributed by atoms with E-state index in [0.717, 1.165) is 30.1 Å². The summed E-state index contributed by atoms with van der Waals surface area (Å²) >= 11 is 0. The molecule has 0 saturated heterocycles. The van der Waals surface area contributed by atoms with Crippen molar-refractivity contribution >= 4 is 14.3 Å². The minimum atomic E-state index is -1.72. The first kappa shape index (κ1) is 26.4. The average Bonchev–Trinajstić information content (AvgIpc) is 3.09. The Labute approximate surface area is 211 Å². The summed E-state index contributed by atoms with van der Waals surface area (Å²) in [4.78, 5) is 11.6. The largest absolute Gasteiger partial charge is 0.469 e. The maximum atomic E-state index is 11.6. The van der Waals surface area contributed by atoms with Gasteiger partial charge in [-0.1, -0.05) is 46.3 Å². The van der Waals surface area contributed by atoms with E-state index in [-0.39, 0.29) is 11.0 Å². The molecule has 4 aliphatic carbocycles. The average molecular weight is 489 g/mol. The lowest BCUT2D eigenvalue weighted by molar-refractivity contribution is -0.140. The van der Waals surface area contributed by atoms with Gasteiger partial charge >= 0.3 is 5.97 Å². The number of rotatable bonds is 6. The molecule has 0 aromatic carbocycles. The second kappa shape index (κ2) is 9.36. The maximum Gasteiger partial charge on any atom is 0.305 e. The number of allylic oxidation sites excluding steroid dienone is 1. The van der Waals surface area contributed by atoms with Crippen LogP contribution in [0.15, 0.2) is 11.6 Å². The van der Waals surface area contributed by atoms with E-state index >= 15 is 0 Å². The number of hydrogen-bond acceptors (Lipinski definition) is 3. The van der Waals surface area contributed by atoms with Crippen LogP contribution in [0.3, 0.4) is 0 Å². The molecule has 0 aliphatic heterocycles. The van der Waals surface area contributed by atoms with Crippen LogP contribution in [0, 0.1) is 34.5 Å². The second-order valence-electron chi connectivity index (χ2n) is 14.3. The van der Waals surface area contributed by atoms with Crippen molar-refractivity contribution in [3.05, 3.63) is 11.6 Å². The molecule has 7 atom stereocenters. The van der Waals surface area contributed by atoms with Crippen LogP contribution in [-0.2, 0) is 14.0 Å². The van der Waals surface area contributed by atoms with Gasteiger partial charge in [0.25, 0.3) is 0 Å². The highest BCUT2D eigenvalue weighted by Gasteiger charge is 2.58. The molecule has 0 aromatic rings. The number of methoxy groups -OCH3 is 1. The Hall–Kier alpha value is -0.613. The van der Waals surface area contributed by atoms with Gasteiger partial charge in [0, 0.05) is 12.5 Å². The second-order valence-corrected chi connectivity index (χ2v) is 19.0. The number of carbonyl (C=O) groups excluding carboxylic acids is 1. The Morgan fingerprint density at radius 2 is 1.82 bits per heavy atom. The predicted molar refractivity (Wildman–Crippen MR) is 143 cm³/mol. The van der Waals surface area contributed by atoms with Crippen molar-refractivity contribution in [2.75, 3.05) is 7.11 Å². The molecule has 194 valence electrons. The van der Waals surface area contributed by atoms with Crippen molar-refractivity contribution in [3.8, 4) is 0 Å². The molecule has 4 rings (SSSR count). The topological polar surface area (TPSA) is 35.5 Å². The van der Waals surface area contributed by atoms with Crippen LogP contribution in [0.1, 0.15) is 105 Å². The molecule has 34 heavy (non-hydrogen) atoms. The summed E-state index contributed by atoms with van der Waals surface area (Å²) < 4.78 is 11.8. The Morgan fingerprint density at radius 3 is 2.50 bits per heavy atom. The first-order valence-electron chi connectivity index (χ1n) is 14.3. The fraction of sp³-hybridized carbons (Fsp3) is 0.900. The molecule has 4 heteroatoms. The molecule has 0 N–H and O–H groups in total. The van der Waals surface area contributed by atoms with Gasteiger partial charge in [-0.2, -0.15) is 0 Å². The molecular weight excluding hydrogens is 436 g/mol. The van der Waals surface area contributed by atoms with Crippen LogP contribution < -0.4 is 0 Å². The number of esters is 1. The van der Waals surface area contributed by atoms with Gasteiger partial charge in [0.1, 0.15) is 0 Å². The van der Waals surface area contributed by atoms with E-state index in [9.17, 15) is 4.79 Å². The summed E-state index contributed by atoms with van der Waals surface area (Å²) in [6.45, 7) is 17.1. The van der Waals surface area contributed by atoms with Gasteiger partial charge in [0.2, 0.25) is 0 Å². The fourth-order valence-corrected chi connectivity index (χ4v) is 9.89. The first-order valence-corrected chi connectivity index (χ1v) is 17.2. The van der Waals surface area contributed by atoms with Gasteiger partial charge in [-0.25, -0.2) is 0 Å². The Balaban J connectivity index is 1.44. The normalized spacial score (nSPS) is 40.1. The summed E-state index contributed by atoms with van der Waals surface area (Å²) in [6.07, 6.45) is 16.4. The van der Waals surface area contributed by atoms with Crippen LogP contribution in [0.4, 0.5) is 0 Å². The monoisotopic (exact) mass is 488 g/mol. The van der Waals surface area contributed by atoms with Crippen LogP contribution >= 0.6 is 0 Å². The molecule has 3 saturated carbocycles. The van der Waals surface area contributed by atoms with Crippen molar-refractivity contribution in [1.82, 2.24) is 0 Å². The molecule has 1 unspecified atom stereocenters. The van der Waals surface area contributed by atoms with E-state index < -0.39 is 8.32 Å². The highest BCUT2D eigenvalue weighted by atomic mass is 28.4. The zero-order valence-electron chi connectivity index (χ0n) is 23.5. The number of ether oxygens (including phenoxy) is 1. The van der Waals surface area contributed by atoms with Gasteiger partial charge in [-0.05, 0) is 117 Å². The highest BCUT2D eigenvalue weighted by molar-refractivity contribution is 6.74. The van der Waals surface area contributed by atoms with E-state index in [0.29, 0.717) is 23.4 Å². The van der Waals surface area contributed by atoms with E-state index in [1.165, 1.54) is 64.9 Å². The third-order valence-electron chi connectivity index (χ3n) is 11.7. The standard InChI is InChI=1S/C30H52O3Si/c1-28(2,3)34(7,8)33-23-16-18-30(5)22(20-23)12-14-24-25-15-13-21(10-9-11-27(31)32-6)29(25,4)19-17-26(24)30/h12,21,23-26H,9-11,13-20H2,1-8H3/t21-,23?,24-,25-,26-,29+,30-/m0/s1. The Morgan fingerprint density at radius 1 is 1.09 bits per heavy atom. The SMILES string of the molecule is COC(=O)CCC[C@H]1CC[C@H]2[C@@H]3CC=C4CC(O[Si](C)(C)C(C)(C)C)CC[C@]4(C)[C@H]3CC[C@]12C. The third kappa shape index (κ3) is 4.60.